The third-order valence-electron chi connectivity index (χ3n) is 6.96. The minimum Gasteiger partial charge on any atom is -0.464 e. The molecule has 0 N–H and O–H groups in total. The van der Waals surface area contributed by atoms with Gasteiger partial charge >= 0.3 is 0 Å². The van der Waals surface area contributed by atoms with Crippen LogP contribution in [0.15, 0.2) is 23.1 Å². The van der Waals surface area contributed by atoms with E-state index in [-0.39, 0.29) is 11.3 Å². The van der Waals surface area contributed by atoms with E-state index in [2.05, 4.69) is 9.88 Å². The Morgan fingerprint density at radius 2 is 2.00 bits per heavy atom. The summed E-state index contributed by atoms with van der Waals surface area (Å²) in [5.74, 6) is -1.73. The Hall–Kier alpha value is -2.13. The van der Waals surface area contributed by atoms with Gasteiger partial charge in [0.25, 0.3) is 16.7 Å². The summed E-state index contributed by atoms with van der Waals surface area (Å²) in [6.45, 7) is 2.92. The molecule has 2 aliphatic rings. The number of thiazole rings is 1. The fraction of sp³-hybridized carbons (Fsp3) is 0.640. The maximum atomic E-state index is 13.0. The number of halogens is 2. The molecule has 4 rings (SSSR count). The highest BCUT2D eigenvalue weighted by atomic mass is 32.1. The van der Waals surface area contributed by atoms with Crippen LogP contribution in [0.25, 0.3) is 0 Å². The molecule has 0 unspecified atom stereocenters. The number of aryl methyl sites for hydroxylation is 1. The number of ketones is 1. The van der Waals surface area contributed by atoms with Crippen LogP contribution < -0.4 is 10.3 Å². The van der Waals surface area contributed by atoms with Crippen LogP contribution in [0, 0.1) is 11.8 Å². The predicted octanol–water partition coefficient (Wildman–Crippen LogP) is 4.70. The van der Waals surface area contributed by atoms with Gasteiger partial charge in [-0.25, -0.2) is 13.8 Å². The summed E-state index contributed by atoms with van der Waals surface area (Å²) < 4.78 is 32.7. The van der Waals surface area contributed by atoms with E-state index in [4.69, 9.17) is 4.74 Å². The van der Waals surface area contributed by atoms with Crippen LogP contribution >= 0.6 is 11.3 Å². The zero-order valence-corrected chi connectivity index (χ0v) is 20.7. The second-order valence-corrected chi connectivity index (χ2v) is 10.9. The van der Waals surface area contributed by atoms with Gasteiger partial charge in [0.15, 0.2) is 12.4 Å². The summed E-state index contributed by atoms with van der Waals surface area (Å²) in [4.78, 5) is 32.3. The molecule has 0 aromatic carbocycles. The molecule has 2 aromatic rings. The molecule has 3 heterocycles. The number of hydrogen-bond acceptors (Lipinski definition) is 6. The first-order chi connectivity index (χ1) is 16.2. The van der Waals surface area contributed by atoms with Crippen LogP contribution in [0.3, 0.4) is 0 Å². The molecule has 0 atom stereocenters. The van der Waals surface area contributed by atoms with Crippen molar-refractivity contribution in [1.29, 1.82) is 0 Å². The Bertz CT molecular complexity index is 1050. The quantitative estimate of drug-likeness (QED) is 0.474. The largest absolute Gasteiger partial charge is 0.464 e. The Morgan fingerprint density at radius 3 is 2.71 bits per heavy atom. The highest BCUT2D eigenvalue weighted by Crippen LogP contribution is 2.35. The number of aromatic nitrogens is 2. The lowest BCUT2D eigenvalue weighted by Gasteiger charge is -2.31. The van der Waals surface area contributed by atoms with E-state index in [1.54, 1.807) is 19.3 Å². The highest BCUT2D eigenvalue weighted by molar-refractivity contribution is 7.13. The first kappa shape index (κ1) is 25.0. The van der Waals surface area contributed by atoms with Crippen LogP contribution in [-0.4, -0.2) is 45.9 Å². The second-order valence-electron chi connectivity index (χ2n) is 9.90. The van der Waals surface area contributed by atoms with E-state index < -0.39 is 12.5 Å². The Morgan fingerprint density at radius 1 is 1.26 bits per heavy atom. The van der Waals surface area contributed by atoms with Crippen molar-refractivity contribution < 1.29 is 18.3 Å². The summed E-state index contributed by atoms with van der Waals surface area (Å²) in [7, 11) is 1.68. The molecule has 1 aliphatic heterocycles. The summed E-state index contributed by atoms with van der Waals surface area (Å²) in [5, 5.41) is 0.345. The lowest BCUT2D eigenvalue weighted by Crippen LogP contribution is -2.32. The summed E-state index contributed by atoms with van der Waals surface area (Å²) in [6, 6.07) is 3.17. The molecular formula is C25H33F2N3O3S. The monoisotopic (exact) mass is 493 g/mol. The van der Waals surface area contributed by atoms with Crippen molar-refractivity contribution in [3.63, 3.8) is 0 Å². The first-order valence-electron chi connectivity index (χ1n) is 12.1. The highest BCUT2D eigenvalue weighted by Gasteiger charge is 2.27. The molecule has 0 amide bonds. The number of hydrogen-bond donors (Lipinski definition) is 0. The second kappa shape index (κ2) is 10.6. The smallest absolute Gasteiger partial charge is 0.278 e. The van der Waals surface area contributed by atoms with E-state index in [0.29, 0.717) is 29.0 Å². The van der Waals surface area contributed by atoms with Crippen molar-refractivity contribution >= 4 is 17.1 Å². The molecule has 0 saturated heterocycles. The van der Waals surface area contributed by atoms with E-state index in [1.165, 1.54) is 22.0 Å². The van der Waals surface area contributed by atoms with Crippen molar-refractivity contribution in [2.75, 3.05) is 19.7 Å². The molecular weight excluding hydrogens is 460 g/mol. The van der Waals surface area contributed by atoms with Crippen molar-refractivity contribution in [2.24, 2.45) is 18.9 Å². The number of alkyl halides is 2. The molecule has 9 heteroatoms. The molecule has 34 heavy (non-hydrogen) atoms. The van der Waals surface area contributed by atoms with Gasteiger partial charge < -0.3 is 9.30 Å². The average molecular weight is 494 g/mol. The molecule has 1 fully saturated rings. The maximum absolute atomic E-state index is 13.0. The molecule has 2 aromatic heterocycles. The number of pyridine rings is 1. The summed E-state index contributed by atoms with van der Waals surface area (Å²) in [6.07, 6.45) is 8.56. The minimum absolute atomic E-state index is 0.0690. The van der Waals surface area contributed by atoms with Crippen molar-refractivity contribution in [3.05, 3.63) is 44.8 Å². The molecule has 0 radical (unpaired) electrons. The molecule has 6 nitrogen and oxygen atoms in total. The van der Waals surface area contributed by atoms with Gasteiger partial charge in [0, 0.05) is 56.2 Å². The molecule has 0 bridgehead atoms. The lowest BCUT2D eigenvalue weighted by atomic mass is 9.78. The Balaban J connectivity index is 1.18. The summed E-state index contributed by atoms with van der Waals surface area (Å²) >= 11 is 1.39. The third kappa shape index (κ3) is 6.72. The van der Waals surface area contributed by atoms with Crippen LogP contribution in [0.2, 0.25) is 0 Å². The number of ether oxygens (including phenoxy) is 1. The van der Waals surface area contributed by atoms with E-state index in [0.717, 1.165) is 75.7 Å². The fourth-order valence-corrected chi connectivity index (χ4v) is 5.77. The SMILES string of the molecule is Cn1ccc(C(=O)CC2CCC(CCN3CCc4sc(OCC(C)(F)F)nc4C3)CC2)cc1=O. The van der Waals surface area contributed by atoms with Crippen LogP contribution in [0.4, 0.5) is 8.78 Å². The normalized spacial score (nSPS) is 21.3. The van der Waals surface area contributed by atoms with Gasteiger partial charge in [0.05, 0.1) is 5.69 Å². The number of Topliss-reactive ketones (excluding diaryl/α,β-unsaturated/α-hetero) is 1. The maximum Gasteiger partial charge on any atom is 0.278 e. The van der Waals surface area contributed by atoms with Crippen molar-refractivity contribution in [3.8, 4) is 5.19 Å². The van der Waals surface area contributed by atoms with Gasteiger partial charge in [-0.2, -0.15) is 0 Å². The van der Waals surface area contributed by atoms with Gasteiger partial charge in [0.1, 0.15) is 0 Å². The zero-order valence-electron chi connectivity index (χ0n) is 19.9. The van der Waals surface area contributed by atoms with Crippen LogP contribution in [0.1, 0.15) is 66.4 Å². The number of rotatable bonds is 9. The van der Waals surface area contributed by atoms with Gasteiger partial charge in [-0.15, -0.1) is 0 Å². The molecule has 186 valence electrons. The zero-order chi connectivity index (χ0) is 24.3. The van der Waals surface area contributed by atoms with Crippen molar-refractivity contribution in [1.82, 2.24) is 14.5 Å². The van der Waals surface area contributed by atoms with E-state index in [9.17, 15) is 18.4 Å². The van der Waals surface area contributed by atoms with Crippen LogP contribution in [0.5, 0.6) is 5.19 Å². The summed E-state index contributed by atoms with van der Waals surface area (Å²) in [5.41, 5.74) is 1.33. The average Bonchev–Trinajstić information content (AvgIpc) is 3.21. The number of carbonyl (C=O) groups excluding carboxylic acids is 1. The predicted molar refractivity (Wildman–Crippen MR) is 128 cm³/mol. The number of carbonyl (C=O) groups is 1. The first-order valence-corrected chi connectivity index (χ1v) is 12.9. The lowest BCUT2D eigenvalue weighted by molar-refractivity contribution is -0.0230. The standard InChI is InChI=1S/C25H33F2N3O3S/c1-25(26,27)16-33-24-28-20-15-30(12-9-22(20)34-24)11-7-17-3-5-18(6-4-17)13-21(31)19-8-10-29(2)23(32)14-19/h8,10,14,17-18H,3-7,9,11-13,15-16H2,1-2H3. The Labute approximate surface area is 202 Å². The third-order valence-corrected chi connectivity index (χ3v) is 8.03. The fourth-order valence-electron chi connectivity index (χ4n) is 4.86. The van der Waals surface area contributed by atoms with Crippen molar-refractivity contribution in [2.45, 2.75) is 64.3 Å². The number of fused-ring (bicyclic) bond motifs is 1. The van der Waals surface area contributed by atoms with Crippen LogP contribution in [-0.2, 0) is 20.0 Å². The minimum atomic E-state index is -2.86. The van der Waals surface area contributed by atoms with Gasteiger partial charge in [-0.05, 0) is 50.1 Å². The van der Waals surface area contributed by atoms with Gasteiger partial charge in [-0.3, -0.25) is 14.5 Å². The topological polar surface area (TPSA) is 64.4 Å². The Kier molecular flexibility index (Phi) is 7.82. The number of nitrogens with zero attached hydrogens (tertiary/aromatic N) is 3. The van der Waals surface area contributed by atoms with Gasteiger partial charge in [-0.1, -0.05) is 24.2 Å². The molecule has 1 aliphatic carbocycles. The van der Waals surface area contributed by atoms with E-state index >= 15 is 0 Å². The molecule has 0 spiro atoms. The molecule has 1 saturated carbocycles. The van der Waals surface area contributed by atoms with E-state index in [1.807, 2.05) is 0 Å². The van der Waals surface area contributed by atoms with Gasteiger partial charge in [0.2, 0.25) is 0 Å².